The highest BCUT2D eigenvalue weighted by Gasteiger charge is 2.18. The largest absolute Gasteiger partial charge is 0.466 e. The third-order valence-electron chi connectivity index (χ3n) is 15.1. The summed E-state index contributed by atoms with van der Waals surface area (Å²) in [4.78, 5) is 24.5. The Morgan fingerprint density at radius 1 is 0.378 bits per heavy atom. The van der Waals surface area contributed by atoms with Crippen molar-refractivity contribution in [1.82, 2.24) is 5.32 Å². The van der Waals surface area contributed by atoms with Gasteiger partial charge in [-0.25, -0.2) is 0 Å². The molecule has 434 valence electrons. The number of rotatable bonds is 61. The molecule has 6 nitrogen and oxygen atoms in total. The molecule has 6 heteroatoms. The average Bonchev–Trinajstić information content (AvgIpc) is 3.40. The van der Waals surface area contributed by atoms with E-state index in [9.17, 15) is 19.8 Å². The van der Waals surface area contributed by atoms with E-state index in [1.54, 1.807) is 6.08 Å². The highest BCUT2D eigenvalue weighted by Crippen LogP contribution is 2.17. The fraction of sp³-hybridized carbons (Fsp3) is 0.853. The van der Waals surface area contributed by atoms with Crippen LogP contribution in [0.25, 0.3) is 0 Å². The lowest BCUT2D eigenvalue weighted by Gasteiger charge is -2.20. The van der Waals surface area contributed by atoms with Crippen LogP contribution in [0.15, 0.2) is 48.6 Å². The van der Waals surface area contributed by atoms with Gasteiger partial charge in [0, 0.05) is 12.8 Å². The number of carbonyl (C=O) groups excluding carboxylic acids is 2. The zero-order chi connectivity index (χ0) is 53.6. The minimum Gasteiger partial charge on any atom is -0.466 e. The van der Waals surface area contributed by atoms with Crippen LogP contribution in [0.4, 0.5) is 0 Å². The van der Waals surface area contributed by atoms with Gasteiger partial charge in [0.05, 0.1) is 25.4 Å². The smallest absolute Gasteiger partial charge is 0.305 e. The predicted octanol–water partition coefficient (Wildman–Crippen LogP) is 20.9. The molecular formula is C68H127NO5. The molecule has 0 aliphatic carbocycles. The summed E-state index contributed by atoms with van der Waals surface area (Å²) < 4.78 is 5.50. The zero-order valence-corrected chi connectivity index (χ0v) is 49.6. The Bertz CT molecular complexity index is 1240. The van der Waals surface area contributed by atoms with E-state index in [4.69, 9.17) is 4.74 Å². The predicted molar refractivity (Wildman–Crippen MR) is 324 cm³/mol. The van der Waals surface area contributed by atoms with Crippen molar-refractivity contribution in [3.8, 4) is 0 Å². The van der Waals surface area contributed by atoms with Gasteiger partial charge in [-0.05, 0) is 89.9 Å². The summed E-state index contributed by atoms with van der Waals surface area (Å²) in [6, 6.07) is -0.627. The fourth-order valence-corrected chi connectivity index (χ4v) is 10.0. The first-order valence-corrected chi connectivity index (χ1v) is 32.9. The Kier molecular flexibility index (Phi) is 61.5. The first kappa shape index (κ1) is 71.8. The van der Waals surface area contributed by atoms with E-state index >= 15 is 0 Å². The second kappa shape index (κ2) is 63.4. The maximum atomic E-state index is 12.4. The first-order chi connectivity index (χ1) is 36.5. The molecule has 1 amide bonds. The number of esters is 1. The maximum absolute atomic E-state index is 12.4. The summed E-state index contributed by atoms with van der Waals surface area (Å²) in [6.07, 6.45) is 81.8. The van der Waals surface area contributed by atoms with E-state index in [2.05, 4.69) is 55.6 Å². The number of amides is 1. The van der Waals surface area contributed by atoms with Crippen molar-refractivity contribution in [2.45, 2.75) is 360 Å². The molecule has 0 fully saturated rings. The molecule has 0 rings (SSSR count). The summed E-state index contributed by atoms with van der Waals surface area (Å²) in [5.74, 6) is -0.0609. The minimum absolute atomic E-state index is 0.00792. The standard InChI is InChI=1S/C68H127NO5/c1-3-5-7-9-11-13-15-16-17-18-32-35-38-42-46-50-54-58-62-68(73)74-63-59-55-51-47-43-39-36-33-30-28-26-24-22-20-19-21-23-25-27-29-31-34-37-41-45-49-53-57-61-67(72)69-65(64-70)66(71)60-56-52-48-44-40-14-12-10-8-6-4-2/h13,15,17-20,56,60,65-66,70-71H,3-12,14,16,21-55,57-59,61-64H2,1-2H3,(H,69,72)/b15-13-,18-17-,20-19-,60-56+. The van der Waals surface area contributed by atoms with Crippen LogP contribution in [-0.4, -0.2) is 47.4 Å². The van der Waals surface area contributed by atoms with Crippen molar-refractivity contribution in [1.29, 1.82) is 0 Å². The Balaban J connectivity index is 3.37. The van der Waals surface area contributed by atoms with Gasteiger partial charge in [-0.3, -0.25) is 9.59 Å². The molecule has 0 aromatic heterocycles. The third kappa shape index (κ3) is 59.1. The van der Waals surface area contributed by atoms with E-state index in [-0.39, 0.29) is 18.5 Å². The van der Waals surface area contributed by atoms with Gasteiger partial charge >= 0.3 is 5.97 Å². The molecule has 0 aromatic rings. The number of nitrogens with one attached hydrogen (secondary N) is 1. The van der Waals surface area contributed by atoms with E-state index in [0.29, 0.717) is 19.4 Å². The number of carbonyl (C=O) groups is 2. The minimum atomic E-state index is -0.843. The molecule has 0 bridgehead atoms. The fourth-order valence-electron chi connectivity index (χ4n) is 10.0. The second-order valence-corrected chi connectivity index (χ2v) is 22.4. The molecule has 2 unspecified atom stereocenters. The van der Waals surface area contributed by atoms with Crippen LogP contribution in [0.3, 0.4) is 0 Å². The monoisotopic (exact) mass is 1040 g/mol. The highest BCUT2D eigenvalue weighted by atomic mass is 16.5. The van der Waals surface area contributed by atoms with Crippen LogP contribution in [0.5, 0.6) is 0 Å². The molecule has 0 spiro atoms. The van der Waals surface area contributed by atoms with Crippen LogP contribution >= 0.6 is 0 Å². The summed E-state index contributed by atoms with van der Waals surface area (Å²) in [7, 11) is 0. The van der Waals surface area contributed by atoms with E-state index < -0.39 is 12.1 Å². The van der Waals surface area contributed by atoms with Gasteiger partial charge in [0.25, 0.3) is 0 Å². The van der Waals surface area contributed by atoms with Crippen LogP contribution in [0.1, 0.15) is 348 Å². The van der Waals surface area contributed by atoms with Gasteiger partial charge in [0.15, 0.2) is 0 Å². The Hall–Kier alpha value is -2.18. The summed E-state index contributed by atoms with van der Waals surface area (Å²) in [5, 5.41) is 23.0. The molecule has 2 atom stereocenters. The molecule has 0 saturated heterocycles. The second-order valence-electron chi connectivity index (χ2n) is 22.4. The lowest BCUT2D eigenvalue weighted by atomic mass is 10.0. The van der Waals surface area contributed by atoms with Gasteiger partial charge in [-0.15, -0.1) is 0 Å². The van der Waals surface area contributed by atoms with Gasteiger partial charge < -0.3 is 20.3 Å². The van der Waals surface area contributed by atoms with Crippen molar-refractivity contribution < 1.29 is 24.5 Å². The van der Waals surface area contributed by atoms with Crippen LogP contribution in [-0.2, 0) is 14.3 Å². The zero-order valence-electron chi connectivity index (χ0n) is 49.6. The van der Waals surface area contributed by atoms with Crippen LogP contribution < -0.4 is 5.32 Å². The van der Waals surface area contributed by atoms with E-state index in [1.165, 1.54) is 270 Å². The number of allylic oxidation sites excluding steroid dienone is 7. The molecule has 0 aromatic carbocycles. The lowest BCUT2D eigenvalue weighted by Crippen LogP contribution is -2.45. The number of hydrogen-bond donors (Lipinski definition) is 3. The quantitative estimate of drug-likeness (QED) is 0.0320. The molecule has 74 heavy (non-hydrogen) atoms. The topological polar surface area (TPSA) is 95.9 Å². The number of ether oxygens (including phenoxy) is 1. The van der Waals surface area contributed by atoms with Gasteiger partial charge in [-0.2, -0.15) is 0 Å². The first-order valence-electron chi connectivity index (χ1n) is 32.9. The summed E-state index contributed by atoms with van der Waals surface area (Å²) in [6.45, 7) is 4.88. The molecule has 0 aliphatic heterocycles. The SMILES string of the molecule is CCCCCC/C=C\C/C=C\CCCCCCCCCC(=O)OCCCCCCCCCCCCCC/C=C\CCCCCCCCCCCCCCC(=O)NC(CO)C(O)/C=C/CCCCCCCCCCC. The summed E-state index contributed by atoms with van der Waals surface area (Å²) in [5.41, 5.74) is 0. The maximum Gasteiger partial charge on any atom is 0.305 e. The molecule has 0 saturated carbocycles. The van der Waals surface area contributed by atoms with Gasteiger partial charge in [0.1, 0.15) is 0 Å². The van der Waals surface area contributed by atoms with E-state index in [1.807, 2.05) is 6.08 Å². The van der Waals surface area contributed by atoms with Crippen LogP contribution in [0.2, 0.25) is 0 Å². The average molecular weight is 1040 g/mol. The third-order valence-corrected chi connectivity index (χ3v) is 15.1. The van der Waals surface area contributed by atoms with E-state index in [0.717, 1.165) is 51.4 Å². The molecular weight excluding hydrogens is 911 g/mol. The van der Waals surface area contributed by atoms with Crippen molar-refractivity contribution in [2.75, 3.05) is 13.2 Å². The van der Waals surface area contributed by atoms with Crippen molar-refractivity contribution in [3.63, 3.8) is 0 Å². The highest BCUT2D eigenvalue weighted by molar-refractivity contribution is 5.76. The molecule has 0 radical (unpaired) electrons. The van der Waals surface area contributed by atoms with Crippen molar-refractivity contribution in [3.05, 3.63) is 48.6 Å². The number of aliphatic hydroxyl groups excluding tert-OH is 2. The van der Waals surface area contributed by atoms with Crippen LogP contribution in [0, 0.1) is 0 Å². The van der Waals surface area contributed by atoms with Crippen molar-refractivity contribution in [2.24, 2.45) is 0 Å². The Morgan fingerprint density at radius 3 is 1.05 bits per heavy atom. The van der Waals surface area contributed by atoms with Gasteiger partial charge in [0.2, 0.25) is 5.91 Å². The molecule has 3 N–H and O–H groups in total. The number of unbranched alkanes of at least 4 members (excludes halogenated alkanes) is 44. The summed E-state index contributed by atoms with van der Waals surface area (Å²) >= 11 is 0. The number of hydrogen-bond acceptors (Lipinski definition) is 5. The lowest BCUT2D eigenvalue weighted by molar-refractivity contribution is -0.143. The Morgan fingerprint density at radius 2 is 0.676 bits per heavy atom. The normalized spacial score (nSPS) is 12.9. The number of aliphatic hydroxyl groups is 2. The molecule has 0 aliphatic rings. The molecule has 0 heterocycles. The van der Waals surface area contributed by atoms with Gasteiger partial charge in [-0.1, -0.05) is 294 Å². The van der Waals surface area contributed by atoms with Crippen molar-refractivity contribution >= 4 is 11.9 Å². The Labute approximate surface area is 461 Å².